The number of aryl methyl sites for hydroxylation is 1. The minimum atomic E-state index is 0.605. The Morgan fingerprint density at radius 2 is 2.05 bits per heavy atom. The van der Waals surface area contributed by atoms with E-state index in [-0.39, 0.29) is 0 Å². The average molecular weight is 301 g/mol. The van der Waals surface area contributed by atoms with Gasteiger partial charge >= 0.3 is 0 Å². The van der Waals surface area contributed by atoms with Crippen molar-refractivity contribution in [2.24, 2.45) is 5.73 Å². The number of hydrogen-bond donors (Lipinski definition) is 2. The van der Waals surface area contributed by atoms with Crippen LogP contribution in [0.4, 0.5) is 5.82 Å². The van der Waals surface area contributed by atoms with Crippen molar-refractivity contribution in [3.63, 3.8) is 0 Å². The molecule has 0 aromatic carbocycles. The summed E-state index contributed by atoms with van der Waals surface area (Å²) in [6.07, 6.45) is 7.50. The molecule has 5 heteroatoms. The Morgan fingerprint density at radius 1 is 1.27 bits per heavy atom. The van der Waals surface area contributed by atoms with E-state index in [9.17, 15) is 0 Å². The first-order valence-corrected chi connectivity index (χ1v) is 8.51. The summed E-state index contributed by atoms with van der Waals surface area (Å²) in [5.74, 6) is 1.67. The zero-order chi connectivity index (χ0) is 15.5. The molecule has 0 aliphatic heterocycles. The topological polar surface area (TPSA) is 68.2 Å². The molecule has 3 rings (SSSR count). The lowest BCUT2D eigenvalue weighted by molar-refractivity contribution is 0.435. The van der Waals surface area contributed by atoms with Crippen LogP contribution in [0.25, 0.3) is 5.65 Å². The van der Waals surface area contributed by atoms with E-state index in [1.54, 1.807) is 0 Å². The number of hydrogen-bond acceptors (Lipinski definition) is 4. The minimum absolute atomic E-state index is 0.605. The normalized spacial score (nSPS) is 16.3. The molecular formula is C17H27N5. The second kappa shape index (κ2) is 6.65. The van der Waals surface area contributed by atoms with Crippen LogP contribution >= 0.6 is 0 Å². The van der Waals surface area contributed by atoms with Crippen molar-refractivity contribution >= 4 is 11.5 Å². The molecule has 0 bridgehead atoms. The fourth-order valence-corrected chi connectivity index (χ4v) is 3.33. The van der Waals surface area contributed by atoms with Gasteiger partial charge in [-0.25, -0.2) is 4.98 Å². The van der Waals surface area contributed by atoms with Crippen molar-refractivity contribution < 1.29 is 0 Å². The molecule has 1 aliphatic carbocycles. The molecule has 0 amide bonds. The predicted octanol–water partition coefficient (Wildman–Crippen LogP) is 3.15. The summed E-state index contributed by atoms with van der Waals surface area (Å²) < 4.78 is 1.99. The lowest BCUT2D eigenvalue weighted by Gasteiger charge is -2.19. The third kappa shape index (κ3) is 2.95. The Balaban J connectivity index is 1.96. The molecule has 0 saturated heterocycles. The van der Waals surface area contributed by atoms with Gasteiger partial charge in [-0.3, -0.25) is 0 Å². The molecule has 2 aromatic rings. The molecule has 1 fully saturated rings. The van der Waals surface area contributed by atoms with Crippen LogP contribution in [0, 0.1) is 13.8 Å². The van der Waals surface area contributed by atoms with Crippen molar-refractivity contribution in [2.45, 2.75) is 58.3 Å². The fourth-order valence-electron chi connectivity index (χ4n) is 3.33. The summed E-state index contributed by atoms with van der Waals surface area (Å²) >= 11 is 0. The number of fused-ring (bicyclic) bond motifs is 1. The minimum Gasteiger partial charge on any atom is -0.370 e. The summed E-state index contributed by atoms with van der Waals surface area (Å²) in [6, 6.07) is 2.18. The van der Waals surface area contributed by atoms with Crippen LogP contribution in [0.3, 0.4) is 0 Å². The van der Waals surface area contributed by atoms with E-state index in [0.717, 1.165) is 30.1 Å². The van der Waals surface area contributed by atoms with Crippen LogP contribution in [-0.2, 0) is 0 Å². The molecule has 2 aromatic heterocycles. The van der Waals surface area contributed by atoms with Gasteiger partial charge in [0.15, 0.2) is 5.65 Å². The predicted molar refractivity (Wildman–Crippen MR) is 90.4 cm³/mol. The molecule has 0 atom stereocenters. The van der Waals surface area contributed by atoms with Crippen LogP contribution in [0.2, 0.25) is 0 Å². The Hall–Kier alpha value is -1.62. The first-order valence-electron chi connectivity index (χ1n) is 8.51. The van der Waals surface area contributed by atoms with E-state index in [4.69, 9.17) is 15.8 Å². The van der Waals surface area contributed by atoms with Gasteiger partial charge in [-0.1, -0.05) is 19.3 Å². The average Bonchev–Trinajstić information content (AvgIpc) is 2.95. The van der Waals surface area contributed by atoms with Gasteiger partial charge in [0, 0.05) is 29.8 Å². The summed E-state index contributed by atoms with van der Waals surface area (Å²) in [5, 5.41) is 8.37. The van der Waals surface area contributed by atoms with Gasteiger partial charge in [-0.2, -0.15) is 9.61 Å². The first-order chi connectivity index (χ1) is 10.7. The van der Waals surface area contributed by atoms with Gasteiger partial charge in [0.1, 0.15) is 5.82 Å². The van der Waals surface area contributed by atoms with Crippen LogP contribution in [0.15, 0.2) is 6.07 Å². The van der Waals surface area contributed by atoms with Crippen LogP contribution < -0.4 is 11.1 Å². The molecule has 2 heterocycles. The number of nitrogens with two attached hydrogens (primary N) is 1. The number of aromatic nitrogens is 3. The van der Waals surface area contributed by atoms with E-state index in [2.05, 4.69) is 25.2 Å². The Labute approximate surface area is 132 Å². The fraction of sp³-hybridized carbons (Fsp3) is 0.647. The monoisotopic (exact) mass is 301 g/mol. The van der Waals surface area contributed by atoms with Crippen molar-refractivity contribution in [3.05, 3.63) is 23.0 Å². The van der Waals surface area contributed by atoms with Crippen molar-refractivity contribution in [1.29, 1.82) is 0 Å². The van der Waals surface area contributed by atoms with Gasteiger partial charge in [-0.15, -0.1) is 0 Å². The Morgan fingerprint density at radius 3 is 2.77 bits per heavy atom. The van der Waals surface area contributed by atoms with Crippen LogP contribution in [-0.4, -0.2) is 27.7 Å². The highest BCUT2D eigenvalue weighted by Gasteiger charge is 2.20. The maximum Gasteiger partial charge on any atom is 0.157 e. The van der Waals surface area contributed by atoms with Crippen LogP contribution in [0.1, 0.15) is 61.4 Å². The van der Waals surface area contributed by atoms with E-state index in [1.165, 1.54) is 43.4 Å². The summed E-state index contributed by atoms with van der Waals surface area (Å²) in [4.78, 5) is 4.72. The zero-order valence-corrected chi connectivity index (χ0v) is 13.7. The van der Waals surface area contributed by atoms with Crippen molar-refractivity contribution in [2.75, 3.05) is 18.4 Å². The molecule has 1 saturated carbocycles. The maximum absolute atomic E-state index is 5.60. The van der Waals surface area contributed by atoms with Crippen molar-refractivity contribution in [1.82, 2.24) is 14.6 Å². The Bertz CT molecular complexity index is 640. The lowest BCUT2D eigenvalue weighted by Crippen LogP contribution is -2.14. The highest BCUT2D eigenvalue weighted by Crippen LogP contribution is 2.33. The molecule has 0 radical (unpaired) electrons. The summed E-state index contributed by atoms with van der Waals surface area (Å²) in [6.45, 7) is 5.74. The molecule has 120 valence electrons. The number of rotatable bonds is 5. The molecule has 3 N–H and O–H groups in total. The van der Waals surface area contributed by atoms with E-state index in [1.807, 2.05) is 4.52 Å². The van der Waals surface area contributed by atoms with Crippen molar-refractivity contribution in [3.8, 4) is 0 Å². The highest BCUT2D eigenvalue weighted by molar-refractivity contribution is 5.55. The third-order valence-electron chi connectivity index (χ3n) is 4.80. The molecule has 5 nitrogen and oxygen atoms in total. The second-order valence-electron chi connectivity index (χ2n) is 6.41. The lowest BCUT2D eigenvalue weighted by atomic mass is 9.87. The standard InChI is InChI=1S/C17H27N5/c1-12-13(2)20-16-11-15(14-7-4-3-5-8-14)21-22(16)17(12)19-10-6-9-18/h11,14,19H,3-10,18H2,1-2H3. The number of nitrogens with one attached hydrogen (secondary N) is 1. The first kappa shape index (κ1) is 15.3. The van der Waals surface area contributed by atoms with Gasteiger partial charge in [0.05, 0.1) is 5.69 Å². The maximum atomic E-state index is 5.60. The SMILES string of the molecule is Cc1nc2cc(C3CCCCC3)nn2c(NCCCN)c1C. The van der Waals surface area contributed by atoms with Gasteiger partial charge in [-0.05, 0) is 39.7 Å². The molecule has 0 unspecified atom stereocenters. The summed E-state index contributed by atoms with van der Waals surface area (Å²) in [7, 11) is 0. The van der Waals surface area contributed by atoms with Crippen LogP contribution in [0.5, 0.6) is 0 Å². The quantitative estimate of drug-likeness (QED) is 0.832. The zero-order valence-electron chi connectivity index (χ0n) is 13.7. The van der Waals surface area contributed by atoms with E-state index >= 15 is 0 Å². The Kier molecular flexibility index (Phi) is 4.62. The van der Waals surface area contributed by atoms with Gasteiger partial charge in [0.25, 0.3) is 0 Å². The van der Waals surface area contributed by atoms with E-state index < -0.39 is 0 Å². The molecule has 1 aliphatic rings. The highest BCUT2D eigenvalue weighted by atomic mass is 15.3. The van der Waals surface area contributed by atoms with Gasteiger partial charge in [0.2, 0.25) is 0 Å². The molecule has 0 spiro atoms. The smallest absolute Gasteiger partial charge is 0.157 e. The number of nitrogens with zero attached hydrogens (tertiary/aromatic N) is 3. The number of anilines is 1. The summed E-state index contributed by atoms with van der Waals surface area (Å²) in [5.41, 5.74) is 10.0. The molecule has 22 heavy (non-hydrogen) atoms. The van der Waals surface area contributed by atoms with Gasteiger partial charge < -0.3 is 11.1 Å². The third-order valence-corrected chi connectivity index (χ3v) is 4.80. The second-order valence-corrected chi connectivity index (χ2v) is 6.41. The molecular weight excluding hydrogens is 274 g/mol. The largest absolute Gasteiger partial charge is 0.370 e. The van der Waals surface area contributed by atoms with E-state index in [0.29, 0.717) is 12.5 Å².